The van der Waals surface area contributed by atoms with E-state index in [0.29, 0.717) is 6.42 Å². The highest BCUT2D eigenvalue weighted by Crippen LogP contribution is 2.35. The van der Waals surface area contributed by atoms with E-state index in [-0.39, 0.29) is 18.2 Å². The normalized spacial score (nSPS) is 18.0. The van der Waals surface area contributed by atoms with Crippen molar-refractivity contribution in [2.45, 2.75) is 39.3 Å². The number of pyridine rings is 1. The maximum Gasteiger partial charge on any atom is 0.366 e. The molecular weight excluding hydrogens is 306 g/mol. The molecule has 0 aromatic carbocycles. The van der Waals surface area contributed by atoms with E-state index in [1.807, 2.05) is 6.92 Å². The lowest BCUT2D eigenvalue weighted by Gasteiger charge is -2.32. The Kier molecular flexibility index (Phi) is 4.77. The lowest BCUT2D eigenvalue weighted by Crippen LogP contribution is -2.52. The summed E-state index contributed by atoms with van der Waals surface area (Å²) < 4.78 is 10.4. The molecule has 2 heterocycles. The number of anilines is 1. The van der Waals surface area contributed by atoms with Crippen molar-refractivity contribution in [3.8, 4) is 5.75 Å². The van der Waals surface area contributed by atoms with Crippen LogP contribution in [0.4, 0.5) is 11.6 Å². The first-order valence-electron chi connectivity index (χ1n) is 7.18. The molecule has 1 aromatic heterocycles. The second kappa shape index (κ2) is 6.59. The van der Waals surface area contributed by atoms with Gasteiger partial charge in [-0.25, -0.2) is 4.79 Å². The van der Waals surface area contributed by atoms with Crippen LogP contribution in [0.3, 0.4) is 0 Å². The van der Waals surface area contributed by atoms with Crippen molar-refractivity contribution in [2.24, 2.45) is 0 Å². The van der Waals surface area contributed by atoms with Gasteiger partial charge in [-0.2, -0.15) is 0 Å². The zero-order valence-electron chi connectivity index (χ0n) is 13.0. The van der Waals surface area contributed by atoms with E-state index in [4.69, 9.17) is 9.47 Å². The van der Waals surface area contributed by atoms with Gasteiger partial charge >= 0.3 is 11.8 Å². The SMILES string of the molecule is CCCOC(=O)C(C)N1C(=O)C(C)Oc2ccc([N+](=O)[O-])nc21. The summed E-state index contributed by atoms with van der Waals surface area (Å²) in [6.07, 6.45) is -0.182. The van der Waals surface area contributed by atoms with Gasteiger partial charge in [-0.05, 0) is 36.2 Å². The predicted molar refractivity (Wildman–Crippen MR) is 79.2 cm³/mol. The topological polar surface area (TPSA) is 112 Å². The molecule has 0 fully saturated rings. The third-order valence-electron chi connectivity index (χ3n) is 3.31. The van der Waals surface area contributed by atoms with Crippen molar-refractivity contribution < 1.29 is 24.0 Å². The van der Waals surface area contributed by atoms with Gasteiger partial charge in [0.25, 0.3) is 11.7 Å². The molecule has 0 radical (unpaired) electrons. The van der Waals surface area contributed by atoms with Crippen LogP contribution >= 0.6 is 0 Å². The summed E-state index contributed by atoms with van der Waals surface area (Å²) in [6.45, 7) is 5.09. The Morgan fingerprint density at radius 1 is 1.57 bits per heavy atom. The Hall–Kier alpha value is -2.71. The van der Waals surface area contributed by atoms with E-state index in [9.17, 15) is 19.7 Å². The molecule has 9 nitrogen and oxygen atoms in total. The van der Waals surface area contributed by atoms with E-state index in [1.54, 1.807) is 0 Å². The monoisotopic (exact) mass is 323 g/mol. The average Bonchev–Trinajstić information content (AvgIpc) is 2.52. The van der Waals surface area contributed by atoms with Gasteiger partial charge in [0.1, 0.15) is 6.04 Å². The van der Waals surface area contributed by atoms with Crippen molar-refractivity contribution in [2.75, 3.05) is 11.5 Å². The minimum absolute atomic E-state index is 0.0525. The fraction of sp³-hybridized carbons (Fsp3) is 0.500. The highest BCUT2D eigenvalue weighted by Gasteiger charge is 2.42. The van der Waals surface area contributed by atoms with Crippen molar-refractivity contribution in [3.63, 3.8) is 0 Å². The molecule has 0 aliphatic carbocycles. The predicted octanol–water partition coefficient (Wildman–Crippen LogP) is 1.45. The third kappa shape index (κ3) is 3.22. The van der Waals surface area contributed by atoms with Crippen LogP contribution in [-0.4, -0.2) is 40.5 Å². The lowest BCUT2D eigenvalue weighted by atomic mass is 10.2. The highest BCUT2D eigenvalue weighted by atomic mass is 16.6. The summed E-state index contributed by atoms with van der Waals surface area (Å²) in [7, 11) is 0. The van der Waals surface area contributed by atoms with Gasteiger partial charge < -0.3 is 19.6 Å². The molecule has 0 saturated heterocycles. The molecule has 124 valence electrons. The Bertz CT molecular complexity index is 647. The number of rotatable bonds is 5. The molecule has 0 N–H and O–H groups in total. The van der Waals surface area contributed by atoms with E-state index >= 15 is 0 Å². The third-order valence-corrected chi connectivity index (χ3v) is 3.31. The number of hydrogen-bond acceptors (Lipinski definition) is 7. The van der Waals surface area contributed by atoms with Crippen molar-refractivity contribution in [3.05, 3.63) is 22.2 Å². The molecule has 1 aromatic rings. The van der Waals surface area contributed by atoms with Gasteiger partial charge in [-0.1, -0.05) is 6.92 Å². The van der Waals surface area contributed by atoms with Gasteiger partial charge in [0, 0.05) is 6.07 Å². The van der Waals surface area contributed by atoms with E-state index in [2.05, 4.69) is 4.98 Å². The Labute approximate surface area is 132 Å². The minimum atomic E-state index is -0.964. The maximum atomic E-state index is 12.4. The van der Waals surface area contributed by atoms with E-state index in [1.165, 1.54) is 26.0 Å². The van der Waals surface area contributed by atoms with Crippen LogP contribution in [-0.2, 0) is 14.3 Å². The summed E-state index contributed by atoms with van der Waals surface area (Å²) in [5.74, 6) is -1.39. The maximum absolute atomic E-state index is 12.4. The zero-order chi connectivity index (χ0) is 17.1. The highest BCUT2D eigenvalue weighted by molar-refractivity contribution is 6.03. The molecule has 2 unspecified atom stereocenters. The van der Waals surface area contributed by atoms with Gasteiger partial charge in [0.05, 0.1) is 6.61 Å². The smallest absolute Gasteiger partial charge is 0.366 e. The summed E-state index contributed by atoms with van der Waals surface area (Å²) in [6, 6.07) is 1.58. The molecule has 1 aliphatic heterocycles. The van der Waals surface area contributed by atoms with Crippen molar-refractivity contribution >= 4 is 23.5 Å². The standard InChI is InChI=1S/C14H17N3O6/c1-4-7-22-14(19)8(2)16-12-10(23-9(3)13(16)18)5-6-11(15-12)17(20)21/h5-6,8-9H,4,7H2,1-3H3. The van der Waals surface area contributed by atoms with Gasteiger partial charge in [-0.3, -0.25) is 9.69 Å². The minimum Gasteiger partial charge on any atom is -0.475 e. The van der Waals surface area contributed by atoms with Crippen molar-refractivity contribution in [1.29, 1.82) is 0 Å². The molecular formula is C14H17N3O6. The molecule has 2 atom stereocenters. The Morgan fingerprint density at radius 3 is 2.87 bits per heavy atom. The van der Waals surface area contributed by atoms with Crippen LogP contribution < -0.4 is 9.64 Å². The molecule has 23 heavy (non-hydrogen) atoms. The first kappa shape index (κ1) is 16.7. The largest absolute Gasteiger partial charge is 0.475 e. The van der Waals surface area contributed by atoms with Crippen LogP contribution in [0.5, 0.6) is 5.75 Å². The van der Waals surface area contributed by atoms with Crippen LogP contribution in [0.15, 0.2) is 12.1 Å². The average molecular weight is 323 g/mol. The number of fused-ring (bicyclic) bond motifs is 1. The molecule has 9 heteroatoms. The molecule has 0 spiro atoms. The molecule has 0 saturated carbocycles. The van der Waals surface area contributed by atoms with Crippen molar-refractivity contribution in [1.82, 2.24) is 4.98 Å². The van der Waals surface area contributed by atoms with E-state index in [0.717, 1.165) is 4.90 Å². The second-order valence-electron chi connectivity index (χ2n) is 5.06. The number of nitro groups is 1. The van der Waals surface area contributed by atoms with Crippen LogP contribution in [0.1, 0.15) is 27.2 Å². The number of carbonyl (C=O) groups is 2. The summed E-state index contributed by atoms with van der Waals surface area (Å²) in [4.78, 5) is 39.6. The molecule has 1 amide bonds. The number of ether oxygens (including phenoxy) is 2. The fourth-order valence-electron chi connectivity index (χ4n) is 2.14. The first-order chi connectivity index (χ1) is 10.9. The number of carbonyl (C=O) groups excluding carboxylic acids is 2. The van der Waals surface area contributed by atoms with Crippen LogP contribution in [0.2, 0.25) is 0 Å². The van der Waals surface area contributed by atoms with Crippen LogP contribution in [0.25, 0.3) is 0 Å². The zero-order valence-corrected chi connectivity index (χ0v) is 13.0. The van der Waals surface area contributed by atoms with Gasteiger partial charge in [-0.15, -0.1) is 0 Å². The second-order valence-corrected chi connectivity index (χ2v) is 5.06. The summed E-state index contributed by atoms with van der Waals surface area (Å²) in [5.41, 5.74) is 0. The number of esters is 1. The summed E-state index contributed by atoms with van der Waals surface area (Å²) in [5, 5.41) is 10.9. The number of aromatic nitrogens is 1. The Morgan fingerprint density at radius 2 is 2.26 bits per heavy atom. The lowest BCUT2D eigenvalue weighted by molar-refractivity contribution is -0.389. The number of nitrogens with zero attached hydrogens (tertiary/aromatic N) is 3. The molecule has 0 bridgehead atoms. The Balaban J connectivity index is 2.42. The number of hydrogen-bond donors (Lipinski definition) is 0. The molecule has 1 aliphatic rings. The van der Waals surface area contributed by atoms with Gasteiger partial charge in [0.2, 0.25) is 0 Å². The van der Waals surface area contributed by atoms with Crippen LogP contribution in [0, 0.1) is 10.1 Å². The fourth-order valence-corrected chi connectivity index (χ4v) is 2.14. The van der Waals surface area contributed by atoms with E-state index < -0.39 is 34.8 Å². The summed E-state index contributed by atoms with van der Waals surface area (Å²) >= 11 is 0. The quantitative estimate of drug-likeness (QED) is 0.458. The number of amides is 1. The first-order valence-corrected chi connectivity index (χ1v) is 7.18. The van der Waals surface area contributed by atoms with Gasteiger partial charge in [0.15, 0.2) is 11.9 Å². The molecule has 2 rings (SSSR count).